The van der Waals surface area contributed by atoms with Crippen molar-refractivity contribution in [2.45, 2.75) is 63.8 Å². The van der Waals surface area contributed by atoms with Gasteiger partial charge in [-0.15, -0.1) is 0 Å². The Balaban J connectivity index is 2.76. The van der Waals surface area contributed by atoms with Gasteiger partial charge in [-0.25, -0.2) is 0 Å². The molecule has 0 aliphatic carbocycles. The molecule has 0 aromatic carbocycles. The topological polar surface area (TPSA) is 0 Å². The van der Waals surface area contributed by atoms with Crippen molar-refractivity contribution in [3.63, 3.8) is 0 Å². The zero-order chi connectivity index (χ0) is 9.78. The zero-order valence-corrected chi connectivity index (χ0v) is 11.2. The molecule has 0 N–H and O–H groups in total. The van der Waals surface area contributed by atoms with Crippen molar-refractivity contribution in [2.24, 2.45) is 0 Å². The molecule has 0 aliphatic heterocycles. The molecule has 0 aromatic heterocycles. The Kier molecular flexibility index (Phi) is 13.4. The smallest absolute Gasteiger partial charge is 0.0222 e. The first-order chi connectivity index (χ1) is 6.41. The highest BCUT2D eigenvalue weighted by molar-refractivity contribution is 9.09. The van der Waals surface area contributed by atoms with E-state index < -0.39 is 0 Å². The van der Waals surface area contributed by atoms with Gasteiger partial charge in [0.1, 0.15) is 0 Å². The Morgan fingerprint density at radius 1 is 0.615 bits per heavy atom. The summed E-state index contributed by atoms with van der Waals surface area (Å²) in [5, 5.41) is 1.18. The first-order valence-electron chi connectivity index (χ1n) is 5.62. The van der Waals surface area contributed by atoms with E-state index in [1.165, 1.54) is 69.2 Å². The van der Waals surface area contributed by atoms with Crippen LogP contribution >= 0.6 is 15.9 Å². The van der Waals surface area contributed by atoms with Crippen LogP contribution in [0.15, 0.2) is 0 Å². The summed E-state index contributed by atoms with van der Waals surface area (Å²) in [5.74, 6) is 0. The number of unbranched alkanes of at least 4 members (excludes halogenated alkanes) is 8. The standard InChI is InChI=1S/C11H22BrSi/c12-10-8-6-4-2-1-3-5-7-9-11-13/h1-11H2. The maximum Gasteiger partial charge on any atom is 0.0222 e. The lowest BCUT2D eigenvalue weighted by Crippen LogP contribution is -1.82. The van der Waals surface area contributed by atoms with E-state index in [2.05, 4.69) is 26.2 Å². The second-order valence-electron chi connectivity index (χ2n) is 3.62. The van der Waals surface area contributed by atoms with Crippen LogP contribution in [-0.2, 0) is 0 Å². The highest BCUT2D eigenvalue weighted by Crippen LogP contribution is 2.10. The van der Waals surface area contributed by atoms with Crippen LogP contribution in [0.1, 0.15) is 57.8 Å². The molecule has 0 amide bonds. The van der Waals surface area contributed by atoms with Crippen molar-refractivity contribution in [1.29, 1.82) is 0 Å². The summed E-state index contributed by atoms with van der Waals surface area (Å²) < 4.78 is 0. The van der Waals surface area contributed by atoms with Crippen molar-refractivity contribution < 1.29 is 0 Å². The Hall–Kier alpha value is 0.697. The van der Waals surface area contributed by atoms with E-state index in [0.717, 1.165) is 0 Å². The second-order valence-corrected chi connectivity index (χ2v) is 4.91. The van der Waals surface area contributed by atoms with Gasteiger partial charge in [0.2, 0.25) is 0 Å². The molecule has 0 spiro atoms. The molecule has 0 atom stereocenters. The average molecular weight is 262 g/mol. The summed E-state index contributed by atoms with van der Waals surface area (Å²) in [6, 6.07) is 1.17. The number of hydrogen-bond acceptors (Lipinski definition) is 0. The van der Waals surface area contributed by atoms with Gasteiger partial charge in [-0.05, 0) is 6.42 Å². The van der Waals surface area contributed by atoms with Crippen LogP contribution in [0.3, 0.4) is 0 Å². The molecule has 0 saturated carbocycles. The Labute approximate surface area is 95.4 Å². The van der Waals surface area contributed by atoms with Crippen LogP contribution < -0.4 is 0 Å². The molecule has 0 aliphatic rings. The largest absolute Gasteiger partial charge is 0.0928 e. The molecule has 3 radical (unpaired) electrons. The number of halogens is 1. The van der Waals surface area contributed by atoms with Gasteiger partial charge in [0.05, 0.1) is 0 Å². The molecule has 0 fully saturated rings. The van der Waals surface area contributed by atoms with Crippen LogP contribution in [0.25, 0.3) is 0 Å². The van der Waals surface area contributed by atoms with Gasteiger partial charge >= 0.3 is 0 Å². The van der Waals surface area contributed by atoms with E-state index in [-0.39, 0.29) is 0 Å². The number of rotatable bonds is 10. The van der Waals surface area contributed by atoms with E-state index in [1.807, 2.05) is 0 Å². The van der Waals surface area contributed by atoms with E-state index in [4.69, 9.17) is 0 Å². The third-order valence-electron chi connectivity index (χ3n) is 2.31. The maximum absolute atomic E-state index is 3.50. The summed E-state index contributed by atoms with van der Waals surface area (Å²) in [6.45, 7) is 0. The molecule has 13 heavy (non-hydrogen) atoms. The van der Waals surface area contributed by atoms with E-state index in [1.54, 1.807) is 0 Å². The van der Waals surface area contributed by atoms with Crippen LogP contribution in [0, 0.1) is 0 Å². The zero-order valence-electron chi connectivity index (χ0n) is 8.66. The van der Waals surface area contributed by atoms with Gasteiger partial charge in [0.25, 0.3) is 0 Å². The first kappa shape index (κ1) is 13.7. The minimum Gasteiger partial charge on any atom is -0.0928 e. The average Bonchev–Trinajstić information content (AvgIpc) is 2.16. The van der Waals surface area contributed by atoms with E-state index in [9.17, 15) is 0 Å². The van der Waals surface area contributed by atoms with Crippen LogP contribution in [-0.4, -0.2) is 15.6 Å². The molecule has 77 valence electrons. The van der Waals surface area contributed by atoms with Crippen LogP contribution in [0.2, 0.25) is 6.04 Å². The van der Waals surface area contributed by atoms with Crippen molar-refractivity contribution in [3.8, 4) is 0 Å². The summed E-state index contributed by atoms with van der Waals surface area (Å²) in [5.41, 5.74) is 0. The summed E-state index contributed by atoms with van der Waals surface area (Å²) >= 11 is 3.46. The predicted octanol–water partition coefficient (Wildman–Crippen LogP) is 4.48. The van der Waals surface area contributed by atoms with Crippen molar-refractivity contribution in [1.82, 2.24) is 0 Å². The lowest BCUT2D eigenvalue weighted by molar-refractivity contribution is 0.573. The lowest BCUT2D eigenvalue weighted by atomic mass is 10.1. The molecule has 0 saturated heterocycles. The molecule has 0 unspecified atom stereocenters. The summed E-state index contributed by atoms with van der Waals surface area (Å²) in [6.07, 6.45) is 12.7. The molecular weight excluding hydrogens is 240 g/mol. The van der Waals surface area contributed by atoms with Crippen molar-refractivity contribution >= 4 is 26.2 Å². The fraction of sp³-hybridized carbons (Fsp3) is 1.00. The SMILES string of the molecule is [Si]CCCCCCCCCCCBr. The van der Waals surface area contributed by atoms with Gasteiger partial charge in [0.15, 0.2) is 0 Å². The Morgan fingerprint density at radius 3 is 1.38 bits per heavy atom. The maximum atomic E-state index is 3.50. The minimum atomic E-state index is 1.17. The van der Waals surface area contributed by atoms with Crippen molar-refractivity contribution in [2.75, 3.05) is 5.33 Å². The molecule has 0 bridgehead atoms. The van der Waals surface area contributed by atoms with Gasteiger partial charge in [-0.1, -0.05) is 73.3 Å². The van der Waals surface area contributed by atoms with Gasteiger partial charge < -0.3 is 0 Å². The van der Waals surface area contributed by atoms with E-state index >= 15 is 0 Å². The Bertz CT molecular complexity index is 76.2. The van der Waals surface area contributed by atoms with Crippen molar-refractivity contribution in [3.05, 3.63) is 0 Å². The molecule has 0 aromatic rings. The van der Waals surface area contributed by atoms with Crippen LogP contribution in [0.5, 0.6) is 0 Å². The highest BCUT2D eigenvalue weighted by Gasteiger charge is 1.91. The summed E-state index contributed by atoms with van der Waals surface area (Å²) in [7, 11) is 3.50. The van der Waals surface area contributed by atoms with Gasteiger partial charge in [0, 0.05) is 15.6 Å². The molecule has 0 rings (SSSR count). The lowest BCUT2D eigenvalue weighted by Gasteiger charge is -2.00. The minimum absolute atomic E-state index is 1.17. The quantitative estimate of drug-likeness (QED) is 0.309. The fourth-order valence-corrected chi connectivity index (χ4v) is 2.10. The van der Waals surface area contributed by atoms with Gasteiger partial charge in [-0.2, -0.15) is 0 Å². The number of hydrogen-bond donors (Lipinski definition) is 0. The fourth-order valence-electron chi connectivity index (χ4n) is 1.46. The normalized spacial score (nSPS) is 10.6. The molecule has 0 nitrogen and oxygen atoms in total. The predicted molar refractivity (Wildman–Crippen MR) is 65.9 cm³/mol. The van der Waals surface area contributed by atoms with E-state index in [0.29, 0.717) is 0 Å². The first-order valence-corrected chi connectivity index (χ1v) is 7.45. The van der Waals surface area contributed by atoms with Gasteiger partial charge in [-0.3, -0.25) is 0 Å². The summed E-state index contributed by atoms with van der Waals surface area (Å²) in [4.78, 5) is 0. The molecule has 2 heteroatoms. The molecule has 0 heterocycles. The number of alkyl halides is 1. The third kappa shape index (κ3) is 12.7. The molecular formula is C11H22BrSi. The Morgan fingerprint density at radius 2 is 1.00 bits per heavy atom. The third-order valence-corrected chi connectivity index (χ3v) is 3.22. The van der Waals surface area contributed by atoms with Crippen LogP contribution in [0.4, 0.5) is 0 Å². The second kappa shape index (κ2) is 12.7. The monoisotopic (exact) mass is 261 g/mol. The highest BCUT2D eigenvalue weighted by atomic mass is 79.9.